The van der Waals surface area contributed by atoms with Crippen LogP contribution in [0.2, 0.25) is 0 Å². The second kappa shape index (κ2) is 9.89. The summed E-state index contributed by atoms with van der Waals surface area (Å²) in [5.41, 5.74) is 4.66. The molecular weight excluding hydrogens is 434 g/mol. The summed E-state index contributed by atoms with van der Waals surface area (Å²) < 4.78 is 5.53. The molecule has 1 aliphatic rings. The summed E-state index contributed by atoms with van der Waals surface area (Å²) in [7, 11) is 3.79. The van der Waals surface area contributed by atoms with Crippen LogP contribution in [0.3, 0.4) is 0 Å². The monoisotopic (exact) mass is 465 g/mol. The van der Waals surface area contributed by atoms with E-state index in [1.807, 2.05) is 51.1 Å². The predicted molar refractivity (Wildman–Crippen MR) is 133 cm³/mol. The van der Waals surface area contributed by atoms with E-state index in [0.717, 1.165) is 64.3 Å². The summed E-state index contributed by atoms with van der Waals surface area (Å²) in [6, 6.07) is 11.9. The lowest BCUT2D eigenvalue weighted by Crippen LogP contribution is -2.44. The Labute approximate surface area is 199 Å². The topological polar surface area (TPSA) is 70.6 Å². The van der Waals surface area contributed by atoms with E-state index in [1.54, 1.807) is 7.11 Å². The number of hydrogen-bond donors (Lipinski definition) is 1. The van der Waals surface area contributed by atoms with Gasteiger partial charge in [-0.15, -0.1) is 10.2 Å². The first-order valence-electron chi connectivity index (χ1n) is 11.2. The molecule has 0 aliphatic carbocycles. The van der Waals surface area contributed by atoms with E-state index in [2.05, 4.69) is 38.4 Å². The molecule has 174 valence electrons. The van der Waals surface area contributed by atoms with Crippen LogP contribution < -0.4 is 15.0 Å². The van der Waals surface area contributed by atoms with Gasteiger partial charge >= 0.3 is 0 Å². The molecule has 2 heterocycles. The number of hydrogen-bond acceptors (Lipinski definition) is 7. The lowest BCUT2D eigenvalue weighted by molar-refractivity contribution is 0.0939. The standard InChI is InChI=1S/C25H31N5O2S/c1-16-6-8-20(30-12-10-29(4)11-13-30)15-21(16)24(31)26-17(2)19-7-9-23(32-5)22(14-19)25-28-27-18(3)33-25/h6-9,14-15,17H,10-13H2,1-5H3,(H,26,31)/t17-/m1/s1. The average molecular weight is 466 g/mol. The third-order valence-corrected chi connectivity index (χ3v) is 7.03. The molecule has 0 bridgehead atoms. The van der Waals surface area contributed by atoms with Crippen molar-refractivity contribution >= 4 is 22.9 Å². The van der Waals surface area contributed by atoms with Gasteiger partial charge in [0.15, 0.2) is 5.01 Å². The Balaban J connectivity index is 1.54. The zero-order chi connectivity index (χ0) is 23.5. The Kier molecular flexibility index (Phi) is 6.95. The maximum absolute atomic E-state index is 13.2. The van der Waals surface area contributed by atoms with Crippen molar-refractivity contribution in [1.29, 1.82) is 0 Å². The average Bonchev–Trinajstić information content (AvgIpc) is 3.25. The van der Waals surface area contributed by atoms with Gasteiger partial charge in [0, 0.05) is 37.4 Å². The molecule has 1 saturated heterocycles. The summed E-state index contributed by atoms with van der Waals surface area (Å²) in [4.78, 5) is 17.9. The number of nitrogens with one attached hydrogen (secondary N) is 1. The number of carbonyl (C=O) groups is 1. The van der Waals surface area contributed by atoms with E-state index in [-0.39, 0.29) is 11.9 Å². The van der Waals surface area contributed by atoms with Gasteiger partial charge < -0.3 is 19.9 Å². The third-order valence-electron chi connectivity index (χ3n) is 6.16. The molecule has 1 aliphatic heterocycles. The Bertz CT molecular complexity index is 1140. The van der Waals surface area contributed by atoms with Crippen molar-refractivity contribution in [2.75, 3.05) is 45.2 Å². The second-order valence-electron chi connectivity index (χ2n) is 8.57. The van der Waals surface area contributed by atoms with Crippen molar-refractivity contribution < 1.29 is 9.53 Å². The van der Waals surface area contributed by atoms with Crippen LogP contribution in [0, 0.1) is 13.8 Å². The first-order valence-corrected chi connectivity index (χ1v) is 12.0. The van der Waals surface area contributed by atoms with Crippen molar-refractivity contribution in [3.8, 4) is 16.3 Å². The summed E-state index contributed by atoms with van der Waals surface area (Å²) >= 11 is 1.52. The van der Waals surface area contributed by atoms with Crippen molar-refractivity contribution in [3.63, 3.8) is 0 Å². The summed E-state index contributed by atoms with van der Waals surface area (Å²) in [6.07, 6.45) is 0. The normalized spacial score (nSPS) is 15.4. The first-order chi connectivity index (χ1) is 15.9. The fraction of sp³-hybridized carbons (Fsp3) is 0.400. The quantitative estimate of drug-likeness (QED) is 0.592. The van der Waals surface area contributed by atoms with Gasteiger partial charge in [0.1, 0.15) is 10.8 Å². The lowest BCUT2D eigenvalue weighted by atomic mass is 10.0. The molecule has 0 radical (unpaired) electrons. The number of aromatic nitrogens is 2. The highest BCUT2D eigenvalue weighted by Gasteiger charge is 2.20. The Hall–Kier alpha value is -2.97. The molecule has 7 nitrogen and oxygen atoms in total. The largest absolute Gasteiger partial charge is 0.496 e. The number of carbonyl (C=O) groups excluding carboxylic acids is 1. The van der Waals surface area contributed by atoms with E-state index < -0.39 is 0 Å². The molecule has 1 amide bonds. The van der Waals surface area contributed by atoms with Crippen LogP contribution >= 0.6 is 11.3 Å². The third kappa shape index (κ3) is 5.17. The summed E-state index contributed by atoms with van der Waals surface area (Å²) in [6.45, 7) is 9.90. The van der Waals surface area contributed by atoms with Gasteiger partial charge in [0.2, 0.25) is 0 Å². The molecule has 1 N–H and O–H groups in total. The Morgan fingerprint density at radius 3 is 2.52 bits per heavy atom. The number of aryl methyl sites for hydroxylation is 2. The molecule has 1 atom stereocenters. The molecule has 4 rings (SSSR count). The number of rotatable bonds is 6. The van der Waals surface area contributed by atoms with Gasteiger partial charge in [0.25, 0.3) is 5.91 Å². The maximum atomic E-state index is 13.2. The van der Waals surface area contributed by atoms with Gasteiger partial charge in [-0.05, 0) is 63.2 Å². The predicted octanol–water partition coefficient (Wildman–Crippen LogP) is 4.07. The van der Waals surface area contributed by atoms with Crippen molar-refractivity contribution in [3.05, 3.63) is 58.1 Å². The van der Waals surface area contributed by atoms with E-state index >= 15 is 0 Å². The molecular formula is C25H31N5O2S. The maximum Gasteiger partial charge on any atom is 0.252 e. The smallest absolute Gasteiger partial charge is 0.252 e. The van der Waals surface area contributed by atoms with Crippen LogP contribution in [-0.2, 0) is 0 Å². The number of anilines is 1. The fourth-order valence-corrected chi connectivity index (χ4v) is 4.75. The van der Waals surface area contributed by atoms with Gasteiger partial charge in [0.05, 0.1) is 18.7 Å². The molecule has 1 aromatic heterocycles. The second-order valence-corrected chi connectivity index (χ2v) is 9.75. The van der Waals surface area contributed by atoms with Gasteiger partial charge in [-0.2, -0.15) is 0 Å². The van der Waals surface area contributed by atoms with Crippen LogP contribution in [0.25, 0.3) is 10.6 Å². The van der Waals surface area contributed by atoms with Gasteiger partial charge in [-0.25, -0.2) is 0 Å². The van der Waals surface area contributed by atoms with Crippen LogP contribution in [0.4, 0.5) is 5.69 Å². The van der Waals surface area contributed by atoms with Crippen molar-refractivity contribution in [2.45, 2.75) is 26.8 Å². The highest BCUT2D eigenvalue weighted by molar-refractivity contribution is 7.14. The molecule has 2 aromatic carbocycles. The van der Waals surface area contributed by atoms with E-state index in [4.69, 9.17) is 4.74 Å². The number of nitrogens with zero attached hydrogens (tertiary/aromatic N) is 4. The van der Waals surface area contributed by atoms with E-state index in [9.17, 15) is 4.79 Å². The van der Waals surface area contributed by atoms with Crippen LogP contribution in [0.15, 0.2) is 36.4 Å². The highest BCUT2D eigenvalue weighted by Crippen LogP contribution is 2.34. The molecule has 0 unspecified atom stereocenters. The molecule has 3 aromatic rings. The van der Waals surface area contributed by atoms with Crippen LogP contribution in [0.5, 0.6) is 5.75 Å². The Morgan fingerprint density at radius 1 is 1.09 bits per heavy atom. The molecule has 0 spiro atoms. The minimum atomic E-state index is -0.178. The summed E-state index contributed by atoms with van der Waals surface area (Å²) in [5, 5.41) is 13.3. The molecule has 8 heteroatoms. The highest BCUT2D eigenvalue weighted by atomic mass is 32.1. The first kappa shape index (κ1) is 23.2. The fourth-order valence-electron chi connectivity index (χ4n) is 4.04. The molecule has 1 fully saturated rings. The number of methoxy groups -OCH3 is 1. The van der Waals surface area contributed by atoms with Crippen LogP contribution in [0.1, 0.15) is 39.5 Å². The van der Waals surface area contributed by atoms with Crippen molar-refractivity contribution in [1.82, 2.24) is 20.4 Å². The zero-order valence-corrected chi connectivity index (χ0v) is 20.7. The number of piperazine rings is 1. The van der Waals surface area contributed by atoms with Crippen molar-refractivity contribution in [2.24, 2.45) is 0 Å². The molecule has 33 heavy (non-hydrogen) atoms. The van der Waals surface area contributed by atoms with Gasteiger partial charge in [-0.1, -0.05) is 23.5 Å². The minimum absolute atomic E-state index is 0.0693. The van der Waals surface area contributed by atoms with E-state index in [1.165, 1.54) is 11.3 Å². The number of ether oxygens (including phenoxy) is 1. The number of likely N-dealkylation sites (N-methyl/N-ethyl adjacent to an activating group) is 1. The van der Waals surface area contributed by atoms with E-state index in [0.29, 0.717) is 5.56 Å². The zero-order valence-electron chi connectivity index (χ0n) is 19.9. The number of benzene rings is 2. The SMILES string of the molecule is COc1ccc([C@@H](C)NC(=O)c2cc(N3CCN(C)CC3)ccc2C)cc1-c1nnc(C)s1. The summed E-state index contributed by atoms with van der Waals surface area (Å²) in [5.74, 6) is 0.671. The van der Waals surface area contributed by atoms with Gasteiger partial charge in [-0.3, -0.25) is 4.79 Å². The minimum Gasteiger partial charge on any atom is -0.496 e. The lowest BCUT2D eigenvalue weighted by Gasteiger charge is -2.34. The van der Waals surface area contributed by atoms with Crippen LogP contribution in [-0.4, -0.2) is 61.3 Å². The molecule has 0 saturated carbocycles. The number of amides is 1. The Morgan fingerprint density at radius 2 is 1.85 bits per heavy atom.